The maximum absolute atomic E-state index is 13.3. The largest absolute Gasteiger partial charge is 0.351 e. The molecule has 0 atom stereocenters. The van der Waals surface area contributed by atoms with E-state index >= 15 is 0 Å². The van der Waals surface area contributed by atoms with Gasteiger partial charge >= 0.3 is 0 Å². The lowest BCUT2D eigenvalue weighted by atomic mass is 10.2. The molecule has 1 aromatic rings. The molecular formula is C13H18FN3O. The Labute approximate surface area is 106 Å². The predicted octanol–water partition coefficient (Wildman–Crippen LogP) is 0.347. The normalized spacial score (nSPS) is 16.5. The molecule has 1 saturated heterocycles. The molecule has 0 saturated carbocycles. The number of nitrogens with zero attached hydrogens (tertiary/aromatic N) is 1. The van der Waals surface area contributed by atoms with Crippen LogP contribution in [0.4, 0.5) is 4.39 Å². The van der Waals surface area contributed by atoms with Crippen LogP contribution in [0.2, 0.25) is 0 Å². The van der Waals surface area contributed by atoms with E-state index in [2.05, 4.69) is 15.5 Å². The zero-order valence-electron chi connectivity index (χ0n) is 10.3. The SMILES string of the molecule is O=C(CN1CCNCC1)NCc1ccccc1F. The topological polar surface area (TPSA) is 44.4 Å². The van der Waals surface area contributed by atoms with Crippen LogP contribution in [0.5, 0.6) is 0 Å². The molecule has 1 heterocycles. The first-order chi connectivity index (χ1) is 8.75. The van der Waals surface area contributed by atoms with Gasteiger partial charge in [0.1, 0.15) is 5.82 Å². The third-order valence-corrected chi connectivity index (χ3v) is 3.01. The Morgan fingerprint density at radius 2 is 2.06 bits per heavy atom. The molecule has 5 heteroatoms. The molecule has 0 aromatic heterocycles. The molecule has 0 unspecified atom stereocenters. The van der Waals surface area contributed by atoms with Crippen LogP contribution >= 0.6 is 0 Å². The van der Waals surface area contributed by atoms with Gasteiger partial charge in [-0.05, 0) is 6.07 Å². The van der Waals surface area contributed by atoms with Crippen molar-refractivity contribution in [1.82, 2.24) is 15.5 Å². The van der Waals surface area contributed by atoms with Crippen LogP contribution < -0.4 is 10.6 Å². The fourth-order valence-corrected chi connectivity index (χ4v) is 1.96. The average Bonchev–Trinajstić information content (AvgIpc) is 2.39. The van der Waals surface area contributed by atoms with E-state index in [0.29, 0.717) is 12.1 Å². The smallest absolute Gasteiger partial charge is 0.234 e. The van der Waals surface area contributed by atoms with Gasteiger partial charge in [0.2, 0.25) is 5.91 Å². The van der Waals surface area contributed by atoms with Gasteiger partial charge in [-0.15, -0.1) is 0 Å². The highest BCUT2D eigenvalue weighted by Gasteiger charge is 2.13. The van der Waals surface area contributed by atoms with E-state index in [1.54, 1.807) is 18.2 Å². The van der Waals surface area contributed by atoms with Crippen LogP contribution in [-0.4, -0.2) is 43.5 Å². The average molecular weight is 251 g/mol. The summed E-state index contributed by atoms with van der Waals surface area (Å²) in [5.74, 6) is -0.333. The molecule has 18 heavy (non-hydrogen) atoms. The fourth-order valence-electron chi connectivity index (χ4n) is 1.96. The second kappa shape index (κ2) is 6.47. The minimum atomic E-state index is -0.278. The van der Waals surface area contributed by atoms with Crippen molar-refractivity contribution in [2.45, 2.75) is 6.54 Å². The van der Waals surface area contributed by atoms with Crippen molar-refractivity contribution in [3.05, 3.63) is 35.6 Å². The van der Waals surface area contributed by atoms with Crippen molar-refractivity contribution < 1.29 is 9.18 Å². The second-order valence-electron chi connectivity index (χ2n) is 4.39. The fraction of sp³-hybridized carbons (Fsp3) is 0.462. The summed E-state index contributed by atoms with van der Waals surface area (Å²) in [5.41, 5.74) is 0.520. The van der Waals surface area contributed by atoms with Crippen molar-refractivity contribution in [2.75, 3.05) is 32.7 Å². The van der Waals surface area contributed by atoms with Crippen LogP contribution in [0.25, 0.3) is 0 Å². The summed E-state index contributed by atoms with van der Waals surface area (Å²) in [7, 11) is 0. The molecular weight excluding hydrogens is 233 g/mol. The molecule has 0 radical (unpaired) electrons. The zero-order chi connectivity index (χ0) is 12.8. The molecule has 4 nitrogen and oxygen atoms in total. The molecule has 1 amide bonds. The van der Waals surface area contributed by atoms with E-state index in [0.717, 1.165) is 26.2 Å². The third kappa shape index (κ3) is 3.78. The van der Waals surface area contributed by atoms with Gasteiger partial charge in [0, 0.05) is 38.3 Å². The molecule has 1 aliphatic rings. The zero-order valence-corrected chi connectivity index (χ0v) is 10.3. The number of rotatable bonds is 4. The lowest BCUT2D eigenvalue weighted by Crippen LogP contribution is -2.47. The van der Waals surface area contributed by atoms with Crippen molar-refractivity contribution in [2.24, 2.45) is 0 Å². The van der Waals surface area contributed by atoms with Crippen LogP contribution in [0.1, 0.15) is 5.56 Å². The Bertz CT molecular complexity index is 405. The number of amides is 1. The highest BCUT2D eigenvalue weighted by atomic mass is 19.1. The lowest BCUT2D eigenvalue weighted by molar-refractivity contribution is -0.122. The summed E-state index contributed by atoms with van der Waals surface area (Å²) in [6.45, 7) is 4.23. The van der Waals surface area contributed by atoms with E-state index in [4.69, 9.17) is 0 Å². The van der Waals surface area contributed by atoms with Gasteiger partial charge in [0.25, 0.3) is 0 Å². The molecule has 1 aliphatic heterocycles. The van der Waals surface area contributed by atoms with Gasteiger partial charge in [0.15, 0.2) is 0 Å². The first kappa shape index (κ1) is 13.0. The van der Waals surface area contributed by atoms with E-state index in [1.807, 2.05) is 0 Å². The number of carbonyl (C=O) groups excluding carboxylic acids is 1. The van der Waals surface area contributed by atoms with E-state index in [9.17, 15) is 9.18 Å². The Morgan fingerprint density at radius 3 is 2.78 bits per heavy atom. The molecule has 0 spiro atoms. The number of hydrogen-bond donors (Lipinski definition) is 2. The Balaban J connectivity index is 1.76. The van der Waals surface area contributed by atoms with Crippen LogP contribution in [0.15, 0.2) is 24.3 Å². The molecule has 0 aliphatic carbocycles. The van der Waals surface area contributed by atoms with Gasteiger partial charge in [-0.2, -0.15) is 0 Å². The maximum atomic E-state index is 13.3. The first-order valence-corrected chi connectivity index (χ1v) is 6.19. The summed E-state index contributed by atoms with van der Waals surface area (Å²) < 4.78 is 13.3. The number of benzene rings is 1. The van der Waals surface area contributed by atoms with E-state index in [1.165, 1.54) is 6.07 Å². The summed E-state index contributed by atoms with van der Waals surface area (Å²) in [5, 5.41) is 5.98. The number of carbonyl (C=O) groups is 1. The van der Waals surface area contributed by atoms with Crippen LogP contribution in [0, 0.1) is 5.82 Å². The second-order valence-corrected chi connectivity index (χ2v) is 4.39. The van der Waals surface area contributed by atoms with Gasteiger partial charge < -0.3 is 10.6 Å². The quantitative estimate of drug-likeness (QED) is 0.811. The summed E-state index contributed by atoms with van der Waals surface area (Å²) >= 11 is 0. The highest BCUT2D eigenvalue weighted by molar-refractivity contribution is 5.78. The molecule has 2 rings (SSSR count). The maximum Gasteiger partial charge on any atom is 0.234 e. The summed E-state index contributed by atoms with van der Waals surface area (Å²) in [6.07, 6.45) is 0. The van der Waals surface area contributed by atoms with Crippen LogP contribution in [-0.2, 0) is 11.3 Å². The van der Waals surface area contributed by atoms with E-state index in [-0.39, 0.29) is 18.3 Å². The number of hydrogen-bond acceptors (Lipinski definition) is 3. The molecule has 0 bridgehead atoms. The first-order valence-electron chi connectivity index (χ1n) is 6.19. The summed E-state index contributed by atoms with van der Waals surface area (Å²) in [6, 6.07) is 6.49. The van der Waals surface area contributed by atoms with Gasteiger partial charge in [-0.25, -0.2) is 4.39 Å². The third-order valence-electron chi connectivity index (χ3n) is 3.01. The molecule has 98 valence electrons. The summed E-state index contributed by atoms with van der Waals surface area (Å²) in [4.78, 5) is 13.8. The number of nitrogens with one attached hydrogen (secondary N) is 2. The number of halogens is 1. The van der Waals surface area contributed by atoms with Gasteiger partial charge in [-0.3, -0.25) is 9.69 Å². The minimum Gasteiger partial charge on any atom is -0.351 e. The Morgan fingerprint density at radius 1 is 1.33 bits per heavy atom. The molecule has 1 aromatic carbocycles. The van der Waals surface area contributed by atoms with Crippen molar-refractivity contribution in [3.8, 4) is 0 Å². The predicted molar refractivity (Wildman–Crippen MR) is 67.6 cm³/mol. The van der Waals surface area contributed by atoms with Crippen LogP contribution in [0.3, 0.4) is 0 Å². The highest BCUT2D eigenvalue weighted by Crippen LogP contribution is 2.05. The lowest BCUT2D eigenvalue weighted by Gasteiger charge is -2.26. The van der Waals surface area contributed by atoms with Gasteiger partial charge in [-0.1, -0.05) is 18.2 Å². The number of piperazine rings is 1. The van der Waals surface area contributed by atoms with E-state index < -0.39 is 0 Å². The molecule has 1 fully saturated rings. The molecule has 2 N–H and O–H groups in total. The van der Waals surface area contributed by atoms with Crippen molar-refractivity contribution in [3.63, 3.8) is 0 Å². The monoisotopic (exact) mass is 251 g/mol. The van der Waals surface area contributed by atoms with Gasteiger partial charge in [0.05, 0.1) is 6.54 Å². The Kier molecular flexibility index (Phi) is 4.66. The van der Waals surface area contributed by atoms with Crippen molar-refractivity contribution in [1.29, 1.82) is 0 Å². The minimum absolute atomic E-state index is 0.0554. The Hall–Kier alpha value is -1.46. The van der Waals surface area contributed by atoms with Crippen molar-refractivity contribution >= 4 is 5.91 Å². The standard InChI is InChI=1S/C13H18FN3O/c14-12-4-2-1-3-11(12)9-16-13(18)10-17-7-5-15-6-8-17/h1-4,15H,5-10H2,(H,16,18).